The molecule has 0 amide bonds. The van der Waals surface area contributed by atoms with E-state index in [2.05, 4.69) is 0 Å². The molecular formula is C31H48Cl2N2O9Pt. The summed E-state index contributed by atoms with van der Waals surface area (Å²) in [6, 6.07) is 0.536. The van der Waals surface area contributed by atoms with Gasteiger partial charge in [-0.25, -0.2) is 0 Å². The number of halogens is 2. The van der Waals surface area contributed by atoms with E-state index < -0.39 is 57.2 Å². The Morgan fingerprint density at radius 3 is 1.98 bits per heavy atom. The van der Waals surface area contributed by atoms with Gasteiger partial charge in [0, 0.05) is 41.1 Å². The van der Waals surface area contributed by atoms with Crippen LogP contribution in [0.4, 0.5) is 0 Å². The zero-order chi connectivity index (χ0) is 33.9. The van der Waals surface area contributed by atoms with Crippen molar-refractivity contribution in [2.75, 3.05) is 6.61 Å². The van der Waals surface area contributed by atoms with Crippen molar-refractivity contribution in [2.24, 2.45) is 34.3 Å². The zero-order valence-electron chi connectivity index (χ0n) is 26.4. The van der Waals surface area contributed by atoms with E-state index >= 15 is 0 Å². The van der Waals surface area contributed by atoms with Crippen LogP contribution in [0.25, 0.3) is 0 Å². The van der Waals surface area contributed by atoms with Crippen LogP contribution in [0.5, 0.6) is 0 Å². The number of fused-ring (bicyclic) bond motifs is 5. The van der Waals surface area contributed by atoms with E-state index in [0.717, 1.165) is 32.3 Å². The van der Waals surface area contributed by atoms with Crippen molar-refractivity contribution in [2.45, 2.75) is 104 Å². The number of aliphatic hydroxyl groups is 2. The second-order valence-corrected chi connectivity index (χ2v) is 15.7. The van der Waals surface area contributed by atoms with Gasteiger partial charge in [0.1, 0.15) is 18.0 Å². The number of ketones is 3. The summed E-state index contributed by atoms with van der Waals surface area (Å²) in [5.41, 5.74) is 3.77. The van der Waals surface area contributed by atoms with Crippen LogP contribution in [-0.2, 0) is 40.5 Å². The number of carbonyl (C=O) groups excluding carboxylic acids is 5. The van der Waals surface area contributed by atoms with Gasteiger partial charge in [-0.05, 0) is 76.4 Å². The molecule has 0 aliphatic heterocycles. The van der Waals surface area contributed by atoms with Crippen LogP contribution in [-0.4, -0.2) is 57.8 Å². The Bertz CT molecular complexity index is 1090. The fourth-order valence-corrected chi connectivity index (χ4v) is 7.76. The Morgan fingerprint density at radius 1 is 1.02 bits per heavy atom. The predicted molar refractivity (Wildman–Crippen MR) is 163 cm³/mol. The first kappa shape index (κ1) is 43.5. The van der Waals surface area contributed by atoms with E-state index in [4.69, 9.17) is 44.4 Å². The van der Waals surface area contributed by atoms with Gasteiger partial charge in [0.25, 0.3) is 0 Å². The third kappa shape index (κ3) is 11.0. The van der Waals surface area contributed by atoms with Gasteiger partial charge >= 0.3 is 35.3 Å². The van der Waals surface area contributed by atoms with E-state index in [1.165, 1.54) is 32.1 Å². The number of aliphatic hydroxyl groups excluding tert-OH is 1. The minimum absolute atomic E-state index is 0. The SMILES string of the molecule is CC(=O)[O-].CC(=O)[O-].C[C@]12C=CC(=O)C=C1CC[C@@H]1[C@@H]2C(=O)C[C@@]2(C)[C@H]1CC[C@]2(O)C(=O)CO.N.NC1CCCCC1.[Cl][Pt+2][Cl]. The Balaban J connectivity index is 0.000000838. The molecule has 14 heteroatoms. The van der Waals surface area contributed by atoms with Crippen molar-refractivity contribution in [1.82, 2.24) is 6.15 Å². The van der Waals surface area contributed by atoms with Gasteiger partial charge in [-0.1, -0.05) is 44.8 Å². The molecule has 0 bridgehead atoms. The van der Waals surface area contributed by atoms with Gasteiger partial charge < -0.3 is 41.9 Å². The van der Waals surface area contributed by atoms with Gasteiger partial charge in [0.05, 0.1) is 0 Å². The number of carboxylic acids is 2. The molecule has 0 aromatic heterocycles. The van der Waals surface area contributed by atoms with Crippen molar-refractivity contribution in [3.8, 4) is 0 Å². The van der Waals surface area contributed by atoms with E-state index in [1.807, 2.05) is 19.9 Å². The molecule has 0 heterocycles. The zero-order valence-corrected chi connectivity index (χ0v) is 30.2. The minimum atomic E-state index is -1.62. The molecule has 45 heavy (non-hydrogen) atoms. The molecule has 11 nitrogen and oxygen atoms in total. The maximum absolute atomic E-state index is 13.3. The Hall–Kier alpha value is -1.46. The normalized spacial score (nSPS) is 32.7. The average Bonchev–Trinajstić information content (AvgIpc) is 3.20. The number of carbonyl (C=O) groups is 5. The summed E-state index contributed by atoms with van der Waals surface area (Å²) >= 11 is -0.472. The number of Topliss-reactive ketones (excluding diaryl/α,β-unsaturated/α-hetero) is 2. The standard InChI is InChI=1S/C21H26O5.C6H13N.2C2H4O2.2ClH.H3N.Pt/c1-19-7-5-13(23)9-12(19)3-4-14-15-6-8-21(26,17(25)11-22)20(15,2)10-16(24)18(14)19;7-6-4-2-1-3-5-6;2*1-2(3)4;;;;/h5,7,9,14-15,18,22,26H,3-4,6,8,10-11H2,1-2H3;6H,1-5,7H2;2*1H3,(H,3,4);2*1H;1H3;/q;;;;;;;+4/p-4/t14-,15-,18+,19-,20-,21-;;;;;;;/m0......./s1. The second kappa shape index (κ2) is 19.4. The molecular weight excluding hydrogens is 810 g/mol. The van der Waals surface area contributed by atoms with Gasteiger partial charge in [0.2, 0.25) is 0 Å². The summed E-state index contributed by atoms with van der Waals surface area (Å²) in [7, 11) is 9.75. The molecule has 0 aromatic carbocycles. The summed E-state index contributed by atoms with van der Waals surface area (Å²) in [6.07, 6.45) is 14.5. The van der Waals surface area contributed by atoms with E-state index in [0.29, 0.717) is 18.9 Å². The topological polar surface area (TPSA) is 233 Å². The Kier molecular flexibility index (Phi) is 18.8. The quantitative estimate of drug-likeness (QED) is 0.314. The average molecular weight is 859 g/mol. The number of hydrogen-bond acceptors (Lipinski definition) is 11. The van der Waals surface area contributed by atoms with Crippen LogP contribution in [0, 0.1) is 28.6 Å². The number of carboxylic acid groups (broad SMARTS) is 2. The number of hydrogen-bond donors (Lipinski definition) is 4. The molecule has 260 valence electrons. The van der Waals surface area contributed by atoms with Crippen LogP contribution < -0.4 is 22.1 Å². The van der Waals surface area contributed by atoms with Crippen molar-refractivity contribution < 1.29 is 60.9 Å². The monoisotopic (exact) mass is 857 g/mol. The third-order valence-electron chi connectivity index (χ3n) is 9.66. The first-order valence-corrected chi connectivity index (χ1v) is 20.3. The van der Waals surface area contributed by atoms with Crippen LogP contribution in [0.2, 0.25) is 0 Å². The number of nitrogens with two attached hydrogens (primary N) is 1. The molecule has 0 saturated heterocycles. The summed E-state index contributed by atoms with van der Waals surface area (Å²) in [5, 5.41) is 38.2. The number of aliphatic carboxylic acids is 2. The van der Waals surface area contributed by atoms with Gasteiger partial charge in [-0.3, -0.25) is 14.4 Å². The molecule has 5 aliphatic rings. The molecule has 0 radical (unpaired) electrons. The first-order valence-electron chi connectivity index (χ1n) is 14.7. The summed E-state index contributed by atoms with van der Waals surface area (Å²) in [4.78, 5) is 55.2. The van der Waals surface area contributed by atoms with Crippen LogP contribution >= 0.6 is 18.8 Å². The number of rotatable bonds is 2. The molecule has 4 saturated carbocycles. The maximum atomic E-state index is 13.3. The molecule has 0 aromatic rings. The van der Waals surface area contributed by atoms with Gasteiger partial charge in [0.15, 0.2) is 11.6 Å². The number of allylic oxidation sites excluding steroid dienone is 4. The second-order valence-electron chi connectivity index (χ2n) is 12.4. The molecule has 7 N–H and O–H groups in total. The van der Waals surface area contributed by atoms with Crippen molar-refractivity contribution in [1.29, 1.82) is 0 Å². The van der Waals surface area contributed by atoms with Gasteiger partial charge in [-0.2, -0.15) is 0 Å². The fraction of sp³-hybridized carbons (Fsp3) is 0.710. The van der Waals surface area contributed by atoms with Gasteiger partial charge in [-0.15, -0.1) is 0 Å². The Morgan fingerprint density at radius 2 is 1.53 bits per heavy atom. The summed E-state index contributed by atoms with van der Waals surface area (Å²) in [5.74, 6) is -2.76. The van der Waals surface area contributed by atoms with Crippen LogP contribution in [0.3, 0.4) is 0 Å². The van der Waals surface area contributed by atoms with Crippen LogP contribution in [0.1, 0.15) is 91.9 Å². The van der Waals surface area contributed by atoms with Crippen LogP contribution in [0.15, 0.2) is 23.8 Å². The Labute approximate surface area is 282 Å². The van der Waals surface area contributed by atoms with Crippen molar-refractivity contribution in [3.05, 3.63) is 23.8 Å². The summed E-state index contributed by atoms with van der Waals surface area (Å²) in [6.45, 7) is 5.13. The van der Waals surface area contributed by atoms with E-state index in [1.54, 1.807) is 12.2 Å². The predicted octanol–water partition coefficient (Wildman–Crippen LogP) is 2.09. The molecule has 5 aliphatic carbocycles. The molecule has 0 spiro atoms. The fourth-order valence-electron chi connectivity index (χ4n) is 7.76. The van der Waals surface area contributed by atoms with Crippen molar-refractivity contribution in [3.63, 3.8) is 0 Å². The van der Waals surface area contributed by atoms with E-state index in [-0.39, 0.29) is 41.9 Å². The molecule has 6 atom stereocenters. The molecule has 5 rings (SSSR count). The third-order valence-corrected chi connectivity index (χ3v) is 9.66. The molecule has 4 fully saturated rings. The summed E-state index contributed by atoms with van der Waals surface area (Å²) < 4.78 is 0. The first-order chi connectivity index (χ1) is 20.4. The van der Waals surface area contributed by atoms with Crippen molar-refractivity contribution >= 4 is 48.1 Å². The van der Waals surface area contributed by atoms with E-state index in [9.17, 15) is 24.6 Å². The molecule has 0 unspecified atom stereocenters.